The van der Waals surface area contributed by atoms with Crippen molar-refractivity contribution in [2.24, 2.45) is 11.1 Å². The van der Waals surface area contributed by atoms with Crippen molar-refractivity contribution in [3.05, 3.63) is 95.6 Å². The number of benzene rings is 3. The molecule has 0 saturated carbocycles. The molecule has 0 radical (unpaired) electrons. The van der Waals surface area contributed by atoms with Crippen LogP contribution in [0.5, 0.6) is 0 Å². The number of nitrogens with two attached hydrogens (primary N) is 1. The molecule has 0 fully saturated rings. The van der Waals surface area contributed by atoms with Gasteiger partial charge in [0, 0.05) is 18.5 Å². The minimum absolute atomic E-state index is 0.162. The molecule has 3 amide bonds. The highest BCUT2D eigenvalue weighted by Crippen LogP contribution is 2.35. The summed E-state index contributed by atoms with van der Waals surface area (Å²) < 4.78 is 0. The number of fused-ring (bicyclic) bond motifs is 1. The Bertz CT molecular complexity index is 1240. The second-order valence-electron chi connectivity index (χ2n) is 9.90. The monoisotopic (exact) mass is 484 g/mol. The van der Waals surface area contributed by atoms with Crippen LogP contribution in [0.1, 0.15) is 35.3 Å². The van der Waals surface area contributed by atoms with E-state index in [2.05, 4.69) is 10.6 Å². The SMILES string of the molecule is CC(C)(CN)CNC(=O)c1ccc2c(c1)NC(=O)C(Cc1ccccc1)N2C(=O)Cc1ccccc1. The standard InChI is InChI=1S/C29H32N4O3/c1-29(2,18-30)19-31-27(35)22-13-14-24-23(17-22)32-28(36)25(15-20-9-5-3-6-10-20)33(24)26(34)16-21-11-7-4-8-12-21/h3-14,17,25H,15-16,18-19,30H2,1-2H3,(H,31,35)(H,32,36). The lowest BCUT2D eigenvalue weighted by molar-refractivity contribution is -0.123. The van der Waals surface area contributed by atoms with E-state index in [4.69, 9.17) is 5.73 Å². The van der Waals surface area contributed by atoms with Gasteiger partial charge in [-0.3, -0.25) is 19.3 Å². The van der Waals surface area contributed by atoms with Gasteiger partial charge in [0.15, 0.2) is 0 Å². The summed E-state index contributed by atoms with van der Waals surface area (Å²) in [7, 11) is 0. The third kappa shape index (κ3) is 5.80. The Morgan fingerprint density at radius 3 is 2.25 bits per heavy atom. The van der Waals surface area contributed by atoms with Gasteiger partial charge in [-0.1, -0.05) is 74.5 Å². The molecule has 1 unspecified atom stereocenters. The molecule has 4 N–H and O–H groups in total. The number of nitrogens with zero attached hydrogens (tertiary/aromatic N) is 1. The van der Waals surface area contributed by atoms with Crippen molar-refractivity contribution in [1.82, 2.24) is 5.32 Å². The number of carbonyl (C=O) groups is 3. The van der Waals surface area contributed by atoms with E-state index in [1.54, 1.807) is 23.1 Å². The normalized spacial score (nSPS) is 15.1. The molecule has 3 aromatic rings. The highest BCUT2D eigenvalue weighted by molar-refractivity contribution is 6.13. The molecule has 4 rings (SSSR count). The van der Waals surface area contributed by atoms with Gasteiger partial charge in [0.1, 0.15) is 6.04 Å². The van der Waals surface area contributed by atoms with Gasteiger partial charge in [0.2, 0.25) is 11.8 Å². The summed E-state index contributed by atoms with van der Waals surface area (Å²) in [5.41, 5.74) is 8.78. The van der Waals surface area contributed by atoms with E-state index in [9.17, 15) is 14.4 Å². The largest absolute Gasteiger partial charge is 0.351 e. The zero-order valence-electron chi connectivity index (χ0n) is 20.7. The Hall–Kier alpha value is -3.97. The first-order valence-corrected chi connectivity index (χ1v) is 12.1. The van der Waals surface area contributed by atoms with Crippen molar-refractivity contribution < 1.29 is 14.4 Å². The zero-order chi connectivity index (χ0) is 25.7. The van der Waals surface area contributed by atoms with E-state index in [-0.39, 0.29) is 29.6 Å². The van der Waals surface area contributed by atoms with Crippen LogP contribution in [-0.4, -0.2) is 36.9 Å². The third-order valence-corrected chi connectivity index (χ3v) is 6.41. The van der Waals surface area contributed by atoms with Gasteiger partial charge in [-0.25, -0.2) is 0 Å². The quantitative estimate of drug-likeness (QED) is 0.455. The maximum atomic E-state index is 13.6. The van der Waals surface area contributed by atoms with Gasteiger partial charge in [0.05, 0.1) is 17.8 Å². The highest BCUT2D eigenvalue weighted by atomic mass is 16.2. The van der Waals surface area contributed by atoms with Gasteiger partial charge in [-0.15, -0.1) is 0 Å². The molecule has 1 atom stereocenters. The summed E-state index contributed by atoms with van der Waals surface area (Å²) in [6.45, 7) is 4.81. The van der Waals surface area contributed by atoms with Gasteiger partial charge in [-0.2, -0.15) is 0 Å². The van der Waals surface area contributed by atoms with Crippen LogP contribution in [0, 0.1) is 5.41 Å². The number of rotatable bonds is 8. The van der Waals surface area contributed by atoms with E-state index in [0.29, 0.717) is 36.4 Å². The second kappa shape index (κ2) is 10.7. The summed E-state index contributed by atoms with van der Waals surface area (Å²) in [6.07, 6.45) is 0.540. The van der Waals surface area contributed by atoms with Crippen molar-refractivity contribution in [2.45, 2.75) is 32.7 Å². The van der Waals surface area contributed by atoms with Gasteiger partial charge in [-0.05, 0) is 41.3 Å². The van der Waals surface area contributed by atoms with Crippen LogP contribution in [0.25, 0.3) is 0 Å². The minimum atomic E-state index is -0.707. The first kappa shape index (κ1) is 25.1. The molecular formula is C29H32N4O3. The summed E-state index contributed by atoms with van der Waals surface area (Å²) in [5, 5.41) is 5.83. The summed E-state index contributed by atoms with van der Waals surface area (Å²) in [4.78, 5) is 41.3. The van der Waals surface area contributed by atoms with Crippen molar-refractivity contribution in [3.8, 4) is 0 Å². The van der Waals surface area contributed by atoms with E-state index in [1.165, 1.54) is 0 Å². The van der Waals surface area contributed by atoms with Crippen LogP contribution in [0.15, 0.2) is 78.9 Å². The first-order chi connectivity index (χ1) is 17.3. The average Bonchev–Trinajstić information content (AvgIpc) is 2.88. The van der Waals surface area contributed by atoms with Gasteiger partial charge >= 0.3 is 0 Å². The molecule has 0 aromatic heterocycles. The molecular weight excluding hydrogens is 452 g/mol. The Morgan fingerprint density at radius 1 is 0.972 bits per heavy atom. The minimum Gasteiger partial charge on any atom is -0.351 e. The van der Waals surface area contributed by atoms with E-state index in [0.717, 1.165) is 11.1 Å². The van der Waals surface area contributed by atoms with Crippen molar-refractivity contribution >= 4 is 29.1 Å². The van der Waals surface area contributed by atoms with Crippen LogP contribution in [0.2, 0.25) is 0 Å². The highest BCUT2D eigenvalue weighted by Gasteiger charge is 2.37. The van der Waals surface area contributed by atoms with Gasteiger partial charge < -0.3 is 16.4 Å². The number of hydrogen-bond acceptors (Lipinski definition) is 4. The lowest BCUT2D eigenvalue weighted by atomic mass is 9.94. The molecule has 1 aliphatic heterocycles. The first-order valence-electron chi connectivity index (χ1n) is 12.1. The predicted octanol–water partition coefficient (Wildman–Crippen LogP) is 3.54. The van der Waals surface area contributed by atoms with E-state index < -0.39 is 6.04 Å². The summed E-state index contributed by atoms with van der Waals surface area (Å²) >= 11 is 0. The average molecular weight is 485 g/mol. The molecule has 3 aromatic carbocycles. The fourth-order valence-corrected chi connectivity index (χ4v) is 4.17. The Kier molecular flexibility index (Phi) is 7.50. The number of hydrogen-bond donors (Lipinski definition) is 3. The van der Waals surface area contributed by atoms with Crippen molar-refractivity contribution in [3.63, 3.8) is 0 Å². The van der Waals surface area contributed by atoms with Crippen LogP contribution >= 0.6 is 0 Å². The second-order valence-corrected chi connectivity index (χ2v) is 9.90. The van der Waals surface area contributed by atoms with Crippen LogP contribution in [0.3, 0.4) is 0 Å². The van der Waals surface area contributed by atoms with Crippen molar-refractivity contribution in [1.29, 1.82) is 0 Å². The molecule has 0 spiro atoms. The topological polar surface area (TPSA) is 105 Å². The third-order valence-electron chi connectivity index (χ3n) is 6.41. The summed E-state index contributed by atoms with van der Waals surface area (Å²) in [5.74, 6) is -0.725. The van der Waals surface area contributed by atoms with Gasteiger partial charge in [0.25, 0.3) is 5.91 Å². The van der Waals surface area contributed by atoms with Crippen LogP contribution in [-0.2, 0) is 22.4 Å². The molecule has 1 heterocycles. The van der Waals surface area contributed by atoms with E-state index >= 15 is 0 Å². The number of carbonyl (C=O) groups excluding carboxylic acids is 3. The molecule has 7 nitrogen and oxygen atoms in total. The van der Waals surface area contributed by atoms with Crippen LogP contribution < -0.4 is 21.3 Å². The number of nitrogens with one attached hydrogen (secondary N) is 2. The maximum Gasteiger partial charge on any atom is 0.251 e. The van der Waals surface area contributed by atoms with E-state index in [1.807, 2.05) is 74.5 Å². The van der Waals surface area contributed by atoms with Crippen LogP contribution in [0.4, 0.5) is 11.4 Å². The molecule has 36 heavy (non-hydrogen) atoms. The molecule has 1 aliphatic rings. The smallest absolute Gasteiger partial charge is 0.251 e. The summed E-state index contributed by atoms with van der Waals surface area (Å²) in [6, 6.07) is 23.4. The zero-order valence-corrected chi connectivity index (χ0v) is 20.7. The lowest BCUT2D eigenvalue weighted by Crippen LogP contribution is -2.52. The lowest BCUT2D eigenvalue weighted by Gasteiger charge is -2.37. The molecule has 0 aliphatic carbocycles. The number of anilines is 2. The Labute approximate surface area is 211 Å². The number of amides is 3. The fourth-order valence-electron chi connectivity index (χ4n) is 4.17. The maximum absolute atomic E-state index is 13.6. The molecule has 186 valence electrons. The van der Waals surface area contributed by atoms with Crippen molar-refractivity contribution in [2.75, 3.05) is 23.3 Å². The molecule has 0 bridgehead atoms. The molecule has 0 saturated heterocycles. The fraction of sp³-hybridized carbons (Fsp3) is 0.276. The predicted molar refractivity (Wildman–Crippen MR) is 142 cm³/mol. The Morgan fingerprint density at radius 2 is 1.61 bits per heavy atom. The Balaban J connectivity index is 1.65. The molecule has 7 heteroatoms.